The molecule has 3 N–H and O–H groups in total. The highest BCUT2D eigenvalue weighted by atomic mass is 32.2. The van der Waals surface area contributed by atoms with E-state index in [-0.39, 0.29) is 17.0 Å². The summed E-state index contributed by atoms with van der Waals surface area (Å²) < 4.78 is 23.5. The number of nitrogens with two attached hydrogens (primary N) is 1. The van der Waals surface area contributed by atoms with E-state index in [2.05, 4.69) is 10.3 Å². The molecule has 2 unspecified atom stereocenters. The molecule has 1 aromatic rings. The summed E-state index contributed by atoms with van der Waals surface area (Å²) in [4.78, 5) is 4.40. The van der Waals surface area contributed by atoms with E-state index in [0.29, 0.717) is 5.82 Å². The predicted molar refractivity (Wildman–Crippen MR) is 75.8 cm³/mol. The van der Waals surface area contributed by atoms with Crippen LogP contribution in [0, 0.1) is 0 Å². The second kappa shape index (κ2) is 5.88. The van der Waals surface area contributed by atoms with Crippen molar-refractivity contribution in [3.8, 4) is 0 Å². The number of anilines is 1. The summed E-state index contributed by atoms with van der Waals surface area (Å²) in [6.07, 6.45) is 8.17. The molecule has 2 rings (SSSR count). The number of hydrogen-bond acceptors (Lipinski definition) is 5. The zero-order valence-corrected chi connectivity index (χ0v) is 12.0. The average Bonchev–Trinajstić information content (AvgIpc) is 2.54. The number of nitrogens with zero attached hydrogens (tertiary/aromatic N) is 1. The third-order valence-corrected chi connectivity index (χ3v) is 4.69. The van der Waals surface area contributed by atoms with Crippen LogP contribution in [0.15, 0.2) is 23.2 Å². The molecule has 0 saturated heterocycles. The predicted octanol–water partition coefficient (Wildman–Crippen LogP) is 1.56. The zero-order chi connectivity index (χ0) is 13.9. The van der Waals surface area contributed by atoms with Gasteiger partial charge in [-0.1, -0.05) is 19.3 Å². The first-order valence-corrected chi connectivity index (χ1v) is 8.55. The second-order valence-corrected chi connectivity index (χ2v) is 7.16. The molecule has 0 aromatic carbocycles. The fraction of sp³-hybridized carbons (Fsp3) is 0.615. The summed E-state index contributed by atoms with van der Waals surface area (Å²) >= 11 is 0. The number of hydrogen-bond donors (Lipinski definition) is 2. The van der Waals surface area contributed by atoms with Crippen LogP contribution < -0.4 is 11.1 Å². The van der Waals surface area contributed by atoms with Gasteiger partial charge in [0.25, 0.3) is 0 Å². The molecule has 5 nitrogen and oxygen atoms in total. The zero-order valence-electron chi connectivity index (χ0n) is 11.2. The molecule has 0 amide bonds. The number of sulfone groups is 1. The third-order valence-electron chi connectivity index (χ3n) is 3.56. The Labute approximate surface area is 114 Å². The highest BCUT2D eigenvalue weighted by Gasteiger charge is 2.23. The molecule has 1 saturated carbocycles. The van der Waals surface area contributed by atoms with Crippen LogP contribution in [0.3, 0.4) is 0 Å². The lowest BCUT2D eigenvalue weighted by Gasteiger charge is -2.24. The van der Waals surface area contributed by atoms with Crippen LogP contribution in [0.1, 0.15) is 32.1 Å². The molecule has 0 radical (unpaired) electrons. The smallest absolute Gasteiger partial charge is 0.179 e. The molecule has 1 heterocycles. The lowest BCUT2D eigenvalue weighted by molar-refractivity contribution is 0.525. The van der Waals surface area contributed by atoms with E-state index in [1.807, 2.05) is 0 Å². The van der Waals surface area contributed by atoms with Crippen LogP contribution in [-0.2, 0) is 9.84 Å². The molecule has 6 heteroatoms. The first-order valence-electron chi connectivity index (χ1n) is 6.65. The van der Waals surface area contributed by atoms with E-state index in [9.17, 15) is 8.42 Å². The van der Waals surface area contributed by atoms with E-state index in [1.54, 1.807) is 18.3 Å². The summed E-state index contributed by atoms with van der Waals surface area (Å²) in [7, 11) is -3.28. The summed E-state index contributed by atoms with van der Waals surface area (Å²) in [5.41, 5.74) is 6.15. The van der Waals surface area contributed by atoms with Crippen molar-refractivity contribution in [2.24, 2.45) is 5.73 Å². The van der Waals surface area contributed by atoms with E-state index >= 15 is 0 Å². The number of aromatic nitrogens is 1. The van der Waals surface area contributed by atoms with Gasteiger partial charge in [-0.25, -0.2) is 13.4 Å². The van der Waals surface area contributed by atoms with Crippen LogP contribution in [0.4, 0.5) is 5.82 Å². The molecule has 2 atom stereocenters. The summed E-state index contributed by atoms with van der Waals surface area (Å²) in [5.74, 6) is 0.423. The quantitative estimate of drug-likeness (QED) is 0.822. The van der Waals surface area contributed by atoms with E-state index in [1.165, 1.54) is 12.7 Å². The van der Waals surface area contributed by atoms with Crippen LogP contribution in [0.5, 0.6) is 0 Å². The van der Waals surface area contributed by atoms with Gasteiger partial charge in [0.2, 0.25) is 0 Å². The summed E-state index contributed by atoms with van der Waals surface area (Å²) in [6, 6.07) is 3.36. The Bertz CT molecular complexity index is 530. The standard InChI is InChI=1S/C13H21N3O2S/c1-19(17,18)12-8-5-9-15-13(12)16-11-7-4-2-3-6-10(11)14/h5,8-11H,2-4,6-7,14H2,1H3,(H,15,16). The SMILES string of the molecule is CS(=O)(=O)c1cccnc1NC1CCCCCC1N. The van der Waals surface area contributed by atoms with Gasteiger partial charge in [-0.3, -0.25) is 0 Å². The monoisotopic (exact) mass is 283 g/mol. The maximum atomic E-state index is 11.7. The lowest BCUT2D eigenvalue weighted by Crippen LogP contribution is -2.39. The first kappa shape index (κ1) is 14.3. The Hall–Kier alpha value is -1.14. The summed E-state index contributed by atoms with van der Waals surface area (Å²) in [6.45, 7) is 0. The fourth-order valence-electron chi connectivity index (χ4n) is 2.49. The van der Waals surface area contributed by atoms with Crippen molar-refractivity contribution in [2.75, 3.05) is 11.6 Å². The van der Waals surface area contributed by atoms with Crippen molar-refractivity contribution >= 4 is 15.7 Å². The van der Waals surface area contributed by atoms with Crippen molar-refractivity contribution in [3.05, 3.63) is 18.3 Å². The molecular weight excluding hydrogens is 262 g/mol. The van der Waals surface area contributed by atoms with Gasteiger partial charge >= 0.3 is 0 Å². The van der Waals surface area contributed by atoms with Gasteiger partial charge in [-0.05, 0) is 25.0 Å². The van der Waals surface area contributed by atoms with Gasteiger partial charge in [0.1, 0.15) is 10.7 Å². The Morgan fingerprint density at radius 1 is 1.32 bits per heavy atom. The van der Waals surface area contributed by atoms with Gasteiger partial charge in [0.05, 0.1) is 0 Å². The van der Waals surface area contributed by atoms with Gasteiger partial charge in [-0.2, -0.15) is 0 Å². The molecule has 1 aliphatic carbocycles. The minimum absolute atomic E-state index is 0.0527. The number of nitrogens with one attached hydrogen (secondary N) is 1. The number of rotatable bonds is 3. The Morgan fingerprint density at radius 3 is 2.79 bits per heavy atom. The molecule has 106 valence electrons. The highest BCUT2D eigenvalue weighted by Crippen LogP contribution is 2.23. The van der Waals surface area contributed by atoms with Crippen LogP contribution >= 0.6 is 0 Å². The minimum Gasteiger partial charge on any atom is -0.365 e. The van der Waals surface area contributed by atoms with E-state index in [0.717, 1.165) is 25.7 Å². The molecule has 1 aromatic heterocycles. The molecule has 0 bridgehead atoms. The van der Waals surface area contributed by atoms with Crippen molar-refractivity contribution in [3.63, 3.8) is 0 Å². The molecule has 0 aliphatic heterocycles. The third kappa shape index (κ3) is 3.67. The minimum atomic E-state index is -3.28. The van der Waals surface area contributed by atoms with Crippen molar-refractivity contribution in [1.29, 1.82) is 0 Å². The van der Waals surface area contributed by atoms with Gasteiger partial charge in [0, 0.05) is 24.5 Å². The molecule has 19 heavy (non-hydrogen) atoms. The van der Waals surface area contributed by atoms with Crippen LogP contribution in [0.25, 0.3) is 0 Å². The Morgan fingerprint density at radius 2 is 2.05 bits per heavy atom. The first-order chi connectivity index (χ1) is 8.98. The summed E-state index contributed by atoms with van der Waals surface area (Å²) in [5, 5.41) is 3.23. The molecular formula is C13H21N3O2S. The average molecular weight is 283 g/mol. The second-order valence-electron chi connectivity index (χ2n) is 5.18. The van der Waals surface area contributed by atoms with Crippen molar-refractivity contribution in [2.45, 2.75) is 49.1 Å². The maximum absolute atomic E-state index is 11.7. The highest BCUT2D eigenvalue weighted by molar-refractivity contribution is 7.90. The van der Waals surface area contributed by atoms with Crippen LogP contribution in [0.2, 0.25) is 0 Å². The molecule has 0 spiro atoms. The van der Waals surface area contributed by atoms with E-state index < -0.39 is 9.84 Å². The maximum Gasteiger partial charge on any atom is 0.179 e. The topological polar surface area (TPSA) is 85.1 Å². The van der Waals surface area contributed by atoms with Crippen molar-refractivity contribution in [1.82, 2.24) is 4.98 Å². The normalized spacial score (nSPS) is 24.7. The largest absolute Gasteiger partial charge is 0.365 e. The van der Waals surface area contributed by atoms with Gasteiger partial charge in [0.15, 0.2) is 9.84 Å². The molecule has 1 aliphatic rings. The fourth-order valence-corrected chi connectivity index (χ4v) is 3.28. The van der Waals surface area contributed by atoms with Crippen molar-refractivity contribution < 1.29 is 8.42 Å². The van der Waals surface area contributed by atoms with Gasteiger partial charge in [-0.15, -0.1) is 0 Å². The lowest BCUT2D eigenvalue weighted by atomic mass is 10.0. The molecule has 1 fully saturated rings. The van der Waals surface area contributed by atoms with Gasteiger partial charge < -0.3 is 11.1 Å². The van der Waals surface area contributed by atoms with E-state index in [4.69, 9.17) is 5.73 Å². The van der Waals surface area contributed by atoms with Crippen LogP contribution in [-0.4, -0.2) is 31.7 Å². The Kier molecular flexibility index (Phi) is 4.42. The number of pyridine rings is 1. The Balaban J connectivity index is 2.23.